The van der Waals surface area contributed by atoms with Crippen LogP contribution in [0.25, 0.3) is 0 Å². The first-order chi connectivity index (χ1) is 27.6. The van der Waals surface area contributed by atoms with Gasteiger partial charge in [-0.2, -0.15) is 5.26 Å². The van der Waals surface area contributed by atoms with Crippen molar-refractivity contribution in [3.05, 3.63) is 76.4 Å². The van der Waals surface area contributed by atoms with Gasteiger partial charge in [0, 0.05) is 89.3 Å². The van der Waals surface area contributed by atoms with E-state index in [0.717, 1.165) is 80.7 Å². The predicted molar refractivity (Wildman–Crippen MR) is 215 cm³/mol. The molecule has 4 fully saturated rings. The lowest BCUT2D eigenvalue weighted by Crippen LogP contribution is -2.54. The molecular weight excluding hydrogens is 748 g/mol. The number of amides is 6. The first-order valence-electron chi connectivity index (χ1n) is 19.6. The highest BCUT2D eigenvalue weighted by atomic mass is 35.5. The molecule has 296 valence electrons. The minimum atomic E-state index is -0.974. The van der Waals surface area contributed by atoms with E-state index in [1.807, 2.05) is 35.2 Å². The summed E-state index contributed by atoms with van der Waals surface area (Å²) >= 11 is 6.27. The van der Waals surface area contributed by atoms with Gasteiger partial charge >= 0.3 is 6.03 Å². The van der Waals surface area contributed by atoms with Gasteiger partial charge in [0.05, 0.1) is 33.6 Å². The maximum absolute atomic E-state index is 13.3. The van der Waals surface area contributed by atoms with Crippen molar-refractivity contribution in [3.8, 4) is 6.07 Å². The molecule has 0 radical (unpaired) electrons. The van der Waals surface area contributed by atoms with E-state index in [-0.39, 0.29) is 24.9 Å². The highest BCUT2D eigenvalue weighted by Gasteiger charge is 2.45. The number of halogens is 1. The number of carbonyl (C=O) groups excluding carboxylic acids is 5. The van der Waals surface area contributed by atoms with Crippen LogP contribution in [-0.2, 0) is 9.59 Å². The maximum Gasteiger partial charge on any atom is 0.322 e. The molecule has 15 nitrogen and oxygen atoms in total. The molecule has 0 aliphatic carbocycles. The van der Waals surface area contributed by atoms with E-state index in [2.05, 4.69) is 43.2 Å². The van der Waals surface area contributed by atoms with Gasteiger partial charge in [-0.3, -0.25) is 34.3 Å². The number of piperidine rings is 2. The smallest absolute Gasteiger partial charge is 0.322 e. The van der Waals surface area contributed by atoms with E-state index >= 15 is 0 Å². The van der Waals surface area contributed by atoms with Gasteiger partial charge in [0.25, 0.3) is 11.8 Å². The number of aromatic nitrogens is 1. The highest BCUT2D eigenvalue weighted by molar-refractivity contribution is 6.32. The van der Waals surface area contributed by atoms with Gasteiger partial charge in [-0.05, 0) is 80.6 Å². The van der Waals surface area contributed by atoms with Gasteiger partial charge in [0.15, 0.2) is 0 Å². The zero-order chi connectivity index (χ0) is 39.8. The van der Waals surface area contributed by atoms with Gasteiger partial charge in [-0.25, -0.2) is 9.78 Å². The maximum atomic E-state index is 13.3. The van der Waals surface area contributed by atoms with Crippen molar-refractivity contribution in [2.75, 3.05) is 85.5 Å². The number of benzene rings is 2. The molecule has 16 heteroatoms. The topological polar surface area (TPSA) is 166 Å². The molecule has 3 aromatic rings. The molecule has 6 amide bonds. The van der Waals surface area contributed by atoms with Crippen LogP contribution < -0.4 is 25.3 Å². The van der Waals surface area contributed by atoms with Crippen molar-refractivity contribution in [1.29, 1.82) is 5.26 Å². The minimum absolute atomic E-state index is 0.0714. The largest absolute Gasteiger partial charge is 0.369 e. The van der Waals surface area contributed by atoms with Crippen molar-refractivity contribution < 1.29 is 24.0 Å². The van der Waals surface area contributed by atoms with Crippen LogP contribution >= 0.6 is 11.6 Å². The van der Waals surface area contributed by atoms with E-state index in [0.29, 0.717) is 53.0 Å². The third kappa shape index (κ3) is 7.84. The Morgan fingerprint density at radius 2 is 1.63 bits per heavy atom. The molecular formula is C41H45ClN10O5. The second-order valence-electron chi connectivity index (χ2n) is 15.5. The molecule has 1 aromatic heterocycles. The zero-order valence-corrected chi connectivity index (χ0v) is 32.6. The van der Waals surface area contributed by atoms with Crippen LogP contribution in [0.2, 0.25) is 5.02 Å². The van der Waals surface area contributed by atoms with Crippen molar-refractivity contribution in [1.82, 2.24) is 25.0 Å². The molecule has 5 aliphatic rings. The number of pyridine rings is 1. The molecule has 5 aliphatic heterocycles. The van der Waals surface area contributed by atoms with Crippen molar-refractivity contribution >= 4 is 64.1 Å². The summed E-state index contributed by atoms with van der Waals surface area (Å²) in [5.41, 5.74) is 3.51. The van der Waals surface area contributed by atoms with Crippen molar-refractivity contribution in [3.63, 3.8) is 0 Å². The van der Waals surface area contributed by atoms with Crippen LogP contribution in [0.3, 0.4) is 0 Å². The number of nitrogens with zero attached hydrogens (tertiary/aromatic N) is 8. The van der Waals surface area contributed by atoms with Gasteiger partial charge < -0.3 is 24.9 Å². The predicted octanol–water partition coefficient (Wildman–Crippen LogP) is 3.79. The van der Waals surface area contributed by atoms with Crippen molar-refractivity contribution in [2.24, 2.45) is 5.92 Å². The molecule has 0 spiro atoms. The summed E-state index contributed by atoms with van der Waals surface area (Å²) in [4.78, 5) is 80.4. The van der Waals surface area contributed by atoms with Crippen LogP contribution in [0.1, 0.15) is 58.9 Å². The Kier molecular flexibility index (Phi) is 10.7. The molecule has 2 atom stereocenters. The van der Waals surface area contributed by atoms with E-state index in [1.54, 1.807) is 24.4 Å². The Morgan fingerprint density at radius 3 is 2.32 bits per heavy atom. The number of hydrogen-bond donors (Lipinski definition) is 2. The monoisotopic (exact) mass is 792 g/mol. The fourth-order valence-corrected chi connectivity index (χ4v) is 8.92. The lowest BCUT2D eigenvalue weighted by molar-refractivity contribution is -0.136. The molecule has 0 saturated carbocycles. The molecule has 6 heterocycles. The molecule has 0 bridgehead atoms. The number of carbonyl (C=O) groups is 5. The quantitative estimate of drug-likeness (QED) is 0.335. The first kappa shape index (κ1) is 38.2. The standard InChI is InChI=1S/C41H45ClN10O5/c1-26-24-50(18-19-51(26)31-4-2-28(22-43)34(42)21-31)41(57)45-29-3-8-36(44-23-29)49-12-10-27(11-13-49)25-47-14-16-48(17-15-47)30-5-6-32-33(20-30)40(56)52(39(32)55)35-7-9-37(53)46-38(35)54/h2-6,8,20-21,23,26-27,35H,7,9-19,24-25H2,1H3,(H,45,57)(H,46,53,54)/t26-,35?/m1/s1. The number of nitriles is 1. The minimum Gasteiger partial charge on any atom is -0.369 e. The first-order valence-corrected chi connectivity index (χ1v) is 20.0. The SMILES string of the molecule is C[C@@H]1CN(C(=O)Nc2ccc(N3CCC(CN4CCN(c5ccc6c(c5)C(=O)N(C5CCC(=O)NC5=O)C6=O)CC4)CC3)nc2)CCN1c1ccc(C#N)c(Cl)c1. The normalized spacial score (nSPS) is 22.1. The van der Waals surface area contributed by atoms with Crippen LogP contribution in [0.4, 0.5) is 27.7 Å². The van der Waals surface area contributed by atoms with Gasteiger partial charge in [-0.15, -0.1) is 0 Å². The summed E-state index contributed by atoms with van der Waals surface area (Å²) in [6.45, 7) is 10.0. The second-order valence-corrected chi connectivity index (χ2v) is 15.9. The Balaban J connectivity index is 0.769. The lowest BCUT2D eigenvalue weighted by Gasteiger charge is -2.41. The molecule has 2 aromatic carbocycles. The molecule has 2 N–H and O–H groups in total. The van der Waals surface area contributed by atoms with Gasteiger partial charge in [0.1, 0.15) is 17.9 Å². The Bertz CT molecular complexity index is 2130. The van der Waals surface area contributed by atoms with E-state index in [9.17, 15) is 29.2 Å². The summed E-state index contributed by atoms with van der Waals surface area (Å²) < 4.78 is 0. The average Bonchev–Trinajstić information content (AvgIpc) is 3.46. The molecule has 8 rings (SSSR count). The average molecular weight is 793 g/mol. The summed E-state index contributed by atoms with van der Waals surface area (Å²) in [6, 6.07) is 15.7. The van der Waals surface area contributed by atoms with E-state index in [1.165, 1.54) is 0 Å². The number of hydrogen-bond acceptors (Lipinski definition) is 11. The Labute approximate surface area is 336 Å². The third-order valence-electron chi connectivity index (χ3n) is 11.9. The van der Waals surface area contributed by atoms with Gasteiger partial charge in [-0.1, -0.05) is 11.6 Å². The fraction of sp³-hybridized carbons (Fsp3) is 0.439. The summed E-state index contributed by atoms with van der Waals surface area (Å²) in [5, 5.41) is 14.9. The summed E-state index contributed by atoms with van der Waals surface area (Å²) in [7, 11) is 0. The van der Waals surface area contributed by atoms with Crippen molar-refractivity contribution in [2.45, 2.75) is 44.7 Å². The number of imide groups is 2. The molecule has 1 unspecified atom stereocenters. The summed E-state index contributed by atoms with van der Waals surface area (Å²) in [6.07, 6.45) is 4.07. The Hall–Kier alpha value is -5.72. The van der Waals surface area contributed by atoms with Crippen LogP contribution in [-0.4, -0.2) is 127 Å². The fourth-order valence-electron chi connectivity index (χ4n) is 8.70. The van der Waals surface area contributed by atoms with Crippen LogP contribution in [0.15, 0.2) is 54.7 Å². The number of urea groups is 1. The third-order valence-corrected chi connectivity index (χ3v) is 12.2. The number of piperazine rings is 2. The number of nitrogens with one attached hydrogen (secondary N) is 2. The van der Waals surface area contributed by atoms with Gasteiger partial charge in [0.2, 0.25) is 11.8 Å². The zero-order valence-electron chi connectivity index (χ0n) is 31.8. The van der Waals surface area contributed by atoms with E-state index in [4.69, 9.17) is 16.6 Å². The second kappa shape index (κ2) is 16.0. The van der Waals surface area contributed by atoms with E-state index < -0.39 is 29.7 Å². The highest BCUT2D eigenvalue weighted by Crippen LogP contribution is 2.32. The lowest BCUT2D eigenvalue weighted by atomic mass is 9.96. The number of anilines is 4. The van der Waals surface area contributed by atoms with Crippen LogP contribution in [0, 0.1) is 17.2 Å². The Morgan fingerprint density at radius 1 is 0.877 bits per heavy atom. The summed E-state index contributed by atoms with van der Waals surface area (Å²) in [5.74, 6) is -0.506. The molecule has 57 heavy (non-hydrogen) atoms. The number of rotatable bonds is 7. The van der Waals surface area contributed by atoms with Crippen LogP contribution in [0.5, 0.6) is 0 Å². The molecule has 4 saturated heterocycles. The number of fused-ring (bicyclic) bond motifs is 1.